The molecule has 1 amide bonds. The second-order valence-electron chi connectivity index (χ2n) is 6.51. The van der Waals surface area contributed by atoms with Gasteiger partial charge in [-0.1, -0.05) is 25.0 Å². The molecule has 2 aliphatic rings. The van der Waals surface area contributed by atoms with Crippen LogP contribution in [-0.4, -0.2) is 30.6 Å². The Bertz CT molecular complexity index is 540. The SMILES string of the molecule is Cl.O=C(NCC(O)c1ccc(F)cc1)[C@@]12CCCC[C@H]1CNC2. The number of aliphatic hydroxyl groups is 1. The highest BCUT2D eigenvalue weighted by Crippen LogP contribution is 2.43. The van der Waals surface area contributed by atoms with Gasteiger partial charge in [0.05, 0.1) is 11.5 Å². The number of halogens is 2. The highest BCUT2D eigenvalue weighted by Gasteiger charge is 2.49. The number of rotatable bonds is 4. The summed E-state index contributed by atoms with van der Waals surface area (Å²) in [5.41, 5.74) is 0.310. The molecule has 1 aliphatic heterocycles. The monoisotopic (exact) mass is 342 g/mol. The van der Waals surface area contributed by atoms with Crippen LogP contribution >= 0.6 is 12.4 Å². The van der Waals surface area contributed by atoms with E-state index in [2.05, 4.69) is 10.6 Å². The van der Waals surface area contributed by atoms with Crippen molar-refractivity contribution in [2.45, 2.75) is 31.8 Å². The molecule has 1 unspecified atom stereocenters. The standard InChI is InChI=1S/C17H23FN2O2.ClH/c18-14-6-4-12(5-7-14)15(21)10-20-16(22)17-8-2-1-3-13(17)9-19-11-17;/h4-7,13,15,19,21H,1-3,8-11H2,(H,20,22);1H/t13-,15?,17+;/m0./s1. The molecule has 0 aromatic heterocycles. The summed E-state index contributed by atoms with van der Waals surface area (Å²) < 4.78 is 12.9. The highest BCUT2D eigenvalue weighted by molar-refractivity contribution is 5.85. The molecule has 3 rings (SSSR count). The zero-order chi connectivity index (χ0) is 15.6. The lowest BCUT2D eigenvalue weighted by atomic mass is 9.67. The van der Waals surface area contributed by atoms with Gasteiger partial charge < -0.3 is 15.7 Å². The first-order valence-corrected chi connectivity index (χ1v) is 8.04. The van der Waals surface area contributed by atoms with E-state index in [4.69, 9.17) is 0 Å². The van der Waals surface area contributed by atoms with Gasteiger partial charge in [0.25, 0.3) is 0 Å². The molecule has 23 heavy (non-hydrogen) atoms. The lowest BCUT2D eigenvalue weighted by Crippen LogP contribution is -2.48. The van der Waals surface area contributed by atoms with Gasteiger partial charge in [-0.15, -0.1) is 12.4 Å². The van der Waals surface area contributed by atoms with Crippen LogP contribution in [0.15, 0.2) is 24.3 Å². The van der Waals surface area contributed by atoms with Crippen molar-refractivity contribution in [2.24, 2.45) is 11.3 Å². The largest absolute Gasteiger partial charge is 0.387 e. The van der Waals surface area contributed by atoms with Crippen molar-refractivity contribution in [3.63, 3.8) is 0 Å². The number of fused-ring (bicyclic) bond motifs is 1. The summed E-state index contributed by atoms with van der Waals surface area (Å²) >= 11 is 0. The number of nitrogens with one attached hydrogen (secondary N) is 2. The number of hydrogen-bond donors (Lipinski definition) is 3. The molecule has 0 radical (unpaired) electrons. The van der Waals surface area contributed by atoms with Crippen LogP contribution in [0.25, 0.3) is 0 Å². The molecule has 1 aliphatic carbocycles. The zero-order valence-electron chi connectivity index (χ0n) is 13.1. The summed E-state index contributed by atoms with van der Waals surface area (Å²) in [5, 5.41) is 16.4. The Morgan fingerprint density at radius 3 is 2.87 bits per heavy atom. The Hall–Kier alpha value is -1.17. The van der Waals surface area contributed by atoms with E-state index in [0.29, 0.717) is 11.5 Å². The van der Waals surface area contributed by atoms with Crippen molar-refractivity contribution >= 4 is 18.3 Å². The minimum Gasteiger partial charge on any atom is -0.387 e. The van der Waals surface area contributed by atoms with Gasteiger partial charge >= 0.3 is 0 Å². The van der Waals surface area contributed by atoms with Gasteiger partial charge in [0, 0.05) is 13.1 Å². The van der Waals surface area contributed by atoms with Gasteiger partial charge in [-0.05, 0) is 43.0 Å². The number of carbonyl (C=O) groups excluding carboxylic acids is 1. The van der Waals surface area contributed by atoms with E-state index >= 15 is 0 Å². The number of carbonyl (C=O) groups is 1. The molecule has 1 saturated carbocycles. The van der Waals surface area contributed by atoms with Crippen LogP contribution < -0.4 is 10.6 Å². The first-order chi connectivity index (χ1) is 10.6. The van der Waals surface area contributed by atoms with E-state index in [1.54, 1.807) is 12.1 Å². The Kier molecular flexibility index (Phi) is 6.00. The van der Waals surface area contributed by atoms with Crippen molar-refractivity contribution in [2.75, 3.05) is 19.6 Å². The fourth-order valence-electron chi connectivity index (χ4n) is 3.86. The Morgan fingerprint density at radius 1 is 1.39 bits per heavy atom. The van der Waals surface area contributed by atoms with E-state index < -0.39 is 6.10 Å². The molecule has 1 saturated heterocycles. The molecule has 4 nitrogen and oxygen atoms in total. The molecule has 1 heterocycles. The van der Waals surface area contributed by atoms with Crippen LogP contribution in [0.5, 0.6) is 0 Å². The molecule has 0 spiro atoms. The van der Waals surface area contributed by atoms with Crippen molar-refractivity contribution in [1.82, 2.24) is 10.6 Å². The summed E-state index contributed by atoms with van der Waals surface area (Å²) in [4.78, 5) is 12.7. The smallest absolute Gasteiger partial charge is 0.227 e. The maximum atomic E-state index is 12.9. The molecular formula is C17H24ClFN2O2. The Morgan fingerprint density at radius 2 is 2.13 bits per heavy atom. The van der Waals surface area contributed by atoms with Crippen molar-refractivity contribution in [3.05, 3.63) is 35.6 Å². The topological polar surface area (TPSA) is 61.4 Å². The molecule has 1 aromatic rings. The average molecular weight is 343 g/mol. The fraction of sp³-hybridized carbons (Fsp3) is 0.588. The number of aliphatic hydroxyl groups excluding tert-OH is 1. The molecule has 1 aromatic carbocycles. The predicted octanol–water partition coefficient (Wildman–Crippen LogP) is 2.18. The minimum atomic E-state index is -0.808. The number of amides is 1. The van der Waals surface area contributed by atoms with Gasteiger partial charge in [0.2, 0.25) is 5.91 Å². The molecule has 2 fully saturated rings. The zero-order valence-corrected chi connectivity index (χ0v) is 13.9. The average Bonchev–Trinajstić information content (AvgIpc) is 2.98. The maximum absolute atomic E-state index is 12.9. The van der Waals surface area contributed by atoms with Gasteiger partial charge in [0.15, 0.2) is 0 Å². The molecule has 3 N–H and O–H groups in total. The molecule has 3 atom stereocenters. The summed E-state index contributed by atoms with van der Waals surface area (Å²) in [6.07, 6.45) is 3.49. The van der Waals surface area contributed by atoms with E-state index in [1.807, 2.05) is 0 Å². The van der Waals surface area contributed by atoms with Crippen LogP contribution in [0.3, 0.4) is 0 Å². The first kappa shape index (κ1) is 18.2. The third-order valence-corrected chi connectivity index (χ3v) is 5.20. The lowest BCUT2D eigenvalue weighted by molar-refractivity contribution is -0.134. The quantitative estimate of drug-likeness (QED) is 0.786. The number of hydrogen-bond acceptors (Lipinski definition) is 3. The molecule has 6 heteroatoms. The van der Waals surface area contributed by atoms with Crippen LogP contribution in [0.4, 0.5) is 4.39 Å². The van der Waals surface area contributed by atoms with Crippen molar-refractivity contribution < 1.29 is 14.3 Å². The van der Waals surface area contributed by atoms with E-state index in [-0.39, 0.29) is 36.1 Å². The summed E-state index contributed by atoms with van der Waals surface area (Å²) in [6.45, 7) is 1.81. The van der Waals surface area contributed by atoms with Crippen LogP contribution in [0.1, 0.15) is 37.4 Å². The van der Waals surface area contributed by atoms with Gasteiger partial charge in [-0.2, -0.15) is 0 Å². The predicted molar refractivity (Wildman–Crippen MR) is 88.9 cm³/mol. The van der Waals surface area contributed by atoms with Crippen LogP contribution in [-0.2, 0) is 4.79 Å². The van der Waals surface area contributed by atoms with E-state index in [0.717, 1.165) is 32.4 Å². The normalized spacial score (nSPS) is 27.7. The van der Waals surface area contributed by atoms with Crippen LogP contribution in [0.2, 0.25) is 0 Å². The Labute approximate surface area is 142 Å². The van der Waals surface area contributed by atoms with Crippen molar-refractivity contribution in [1.29, 1.82) is 0 Å². The third kappa shape index (κ3) is 3.67. The third-order valence-electron chi connectivity index (χ3n) is 5.20. The van der Waals surface area contributed by atoms with E-state index in [9.17, 15) is 14.3 Å². The highest BCUT2D eigenvalue weighted by atomic mass is 35.5. The van der Waals surface area contributed by atoms with E-state index in [1.165, 1.54) is 18.6 Å². The minimum absolute atomic E-state index is 0. The summed E-state index contributed by atoms with van der Waals surface area (Å²) in [7, 11) is 0. The first-order valence-electron chi connectivity index (χ1n) is 8.04. The Balaban J connectivity index is 0.00000192. The summed E-state index contributed by atoms with van der Waals surface area (Å²) in [6, 6.07) is 5.73. The van der Waals surface area contributed by atoms with Gasteiger partial charge in [-0.3, -0.25) is 4.79 Å². The van der Waals surface area contributed by atoms with Gasteiger partial charge in [0.1, 0.15) is 5.82 Å². The lowest BCUT2D eigenvalue weighted by Gasteiger charge is -2.37. The van der Waals surface area contributed by atoms with Gasteiger partial charge in [-0.25, -0.2) is 4.39 Å². The second kappa shape index (κ2) is 7.60. The molecule has 0 bridgehead atoms. The molecule has 128 valence electrons. The second-order valence-corrected chi connectivity index (χ2v) is 6.51. The molecular weight excluding hydrogens is 319 g/mol. The fourth-order valence-corrected chi connectivity index (χ4v) is 3.86. The summed E-state index contributed by atoms with van der Waals surface area (Å²) in [5.74, 6) is 0.119. The number of benzene rings is 1. The van der Waals surface area contributed by atoms with Crippen LogP contribution in [0, 0.1) is 17.2 Å². The van der Waals surface area contributed by atoms with Crippen molar-refractivity contribution in [3.8, 4) is 0 Å². The maximum Gasteiger partial charge on any atom is 0.227 e.